The van der Waals surface area contributed by atoms with Crippen LogP contribution >= 0.6 is 0 Å². The van der Waals surface area contributed by atoms with Crippen molar-refractivity contribution in [1.82, 2.24) is 9.47 Å². The van der Waals surface area contributed by atoms with E-state index in [1.54, 1.807) is 6.07 Å². The summed E-state index contributed by atoms with van der Waals surface area (Å²) in [5.41, 5.74) is 2.90. The van der Waals surface area contributed by atoms with Gasteiger partial charge in [-0.05, 0) is 35.9 Å². The number of amides is 2. The van der Waals surface area contributed by atoms with Crippen LogP contribution in [-0.2, 0) is 11.3 Å². The van der Waals surface area contributed by atoms with E-state index in [1.807, 2.05) is 68.1 Å². The molecule has 30 heavy (non-hydrogen) atoms. The van der Waals surface area contributed by atoms with Crippen LogP contribution < -0.4 is 5.32 Å². The van der Waals surface area contributed by atoms with Crippen LogP contribution in [0.4, 0.5) is 5.69 Å². The highest BCUT2D eigenvalue weighted by molar-refractivity contribution is 5.98. The highest BCUT2D eigenvalue weighted by atomic mass is 16.2. The van der Waals surface area contributed by atoms with Crippen molar-refractivity contribution in [2.75, 3.05) is 11.9 Å². The van der Waals surface area contributed by atoms with E-state index in [0.717, 1.165) is 17.8 Å². The molecule has 1 N–H and O–H groups in total. The first kappa shape index (κ1) is 20.0. The van der Waals surface area contributed by atoms with Crippen LogP contribution in [0.2, 0.25) is 0 Å². The first-order chi connectivity index (χ1) is 14.3. The summed E-state index contributed by atoms with van der Waals surface area (Å²) >= 11 is 0. The van der Waals surface area contributed by atoms with Gasteiger partial charge in [-0.3, -0.25) is 9.59 Å². The van der Waals surface area contributed by atoms with Crippen molar-refractivity contribution in [3.63, 3.8) is 0 Å². The first-order valence-corrected chi connectivity index (χ1v) is 10.3. The molecule has 0 saturated heterocycles. The van der Waals surface area contributed by atoms with Crippen molar-refractivity contribution in [3.05, 3.63) is 89.7 Å². The number of rotatable bonds is 3. The van der Waals surface area contributed by atoms with E-state index in [0.29, 0.717) is 17.8 Å². The lowest BCUT2D eigenvalue weighted by Crippen LogP contribution is -2.42. The lowest BCUT2D eigenvalue weighted by atomic mass is 9.95. The summed E-state index contributed by atoms with van der Waals surface area (Å²) in [5.74, 6) is -0.117. The number of hydrogen-bond acceptors (Lipinski definition) is 2. The van der Waals surface area contributed by atoms with Crippen LogP contribution in [-0.4, -0.2) is 27.8 Å². The second kappa shape index (κ2) is 7.82. The molecule has 1 aliphatic heterocycles. The summed E-state index contributed by atoms with van der Waals surface area (Å²) in [6, 6.07) is 21.3. The fourth-order valence-electron chi connectivity index (χ4n) is 3.80. The molecule has 1 aromatic heterocycles. The molecule has 0 radical (unpaired) electrons. The maximum atomic E-state index is 13.6. The number of nitrogens with one attached hydrogen (secondary N) is 1. The number of benzene rings is 2. The fourth-order valence-corrected chi connectivity index (χ4v) is 3.80. The zero-order valence-electron chi connectivity index (χ0n) is 17.6. The Hall–Kier alpha value is -3.34. The lowest BCUT2D eigenvalue weighted by molar-refractivity contribution is -0.123. The maximum absolute atomic E-state index is 13.6. The van der Waals surface area contributed by atoms with Gasteiger partial charge in [0.1, 0.15) is 0 Å². The molecule has 3 aromatic rings. The molecule has 5 nitrogen and oxygen atoms in total. The minimum absolute atomic E-state index is 0.0387. The predicted molar refractivity (Wildman–Crippen MR) is 118 cm³/mol. The maximum Gasteiger partial charge on any atom is 0.254 e. The van der Waals surface area contributed by atoms with Crippen LogP contribution in [0.3, 0.4) is 0 Å². The van der Waals surface area contributed by atoms with Crippen molar-refractivity contribution in [3.8, 4) is 0 Å². The minimum Gasteiger partial charge on any atom is -0.348 e. The molecule has 4 rings (SSSR count). The molecule has 0 aliphatic carbocycles. The van der Waals surface area contributed by atoms with Crippen molar-refractivity contribution in [1.29, 1.82) is 0 Å². The van der Waals surface area contributed by atoms with Gasteiger partial charge in [0.05, 0.1) is 6.04 Å². The van der Waals surface area contributed by atoms with Crippen LogP contribution in [0.15, 0.2) is 72.9 Å². The van der Waals surface area contributed by atoms with Gasteiger partial charge in [0.15, 0.2) is 0 Å². The highest BCUT2D eigenvalue weighted by Crippen LogP contribution is 2.33. The Morgan fingerprint density at radius 3 is 2.43 bits per heavy atom. The Morgan fingerprint density at radius 1 is 0.933 bits per heavy atom. The third kappa shape index (κ3) is 3.88. The van der Waals surface area contributed by atoms with Crippen LogP contribution in [0.1, 0.15) is 48.4 Å². The third-order valence-corrected chi connectivity index (χ3v) is 5.46. The number of nitrogens with zero attached hydrogens (tertiary/aromatic N) is 2. The Kier molecular flexibility index (Phi) is 5.20. The summed E-state index contributed by atoms with van der Waals surface area (Å²) < 4.78 is 2.21. The average molecular weight is 402 g/mol. The van der Waals surface area contributed by atoms with Gasteiger partial charge in [-0.25, -0.2) is 0 Å². The quantitative estimate of drug-likeness (QED) is 0.691. The fraction of sp³-hybridized carbons (Fsp3) is 0.280. The third-order valence-electron chi connectivity index (χ3n) is 5.46. The van der Waals surface area contributed by atoms with Crippen molar-refractivity contribution < 1.29 is 9.59 Å². The van der Waals surface area contributed by atoms with E-state index in [9.17, 15) is 9.59 Å². The second-order valence-electron chi connectivity index (χ2n) is 8.72. The molecule has 1 unspecified atom stereocenters. The SMILES string of the molecule is CC(C)(C)C(=O)Nc1cccc(C(=O)N2CCn3cccc3C2c2ccccc2)c1. The zero-order chi connectivity index (χ0) is 21.3. The van der Waals surface area contributed by atoms with E-state index in [-0.39, 0.29) is 17.9 Å². The van der Waals surface area contributed by atoms with Crippen molar-refractivity contribution >= 4 is 17.5 Å². The summed E-state index contributed by atoms with van der Waals surface area (Å²) in [6.07, 6.45) is 2.07. The van der Waals surface area contributed by atoms with E-state index in [4.69, 9.17) is 0 Å². The van der Waals surface area contributed by atoms with E-state index in [1.165, 1.54) is 0 Å². The average Bonchev–Trinajstić information content (AvgIpc) is 3.21. The lowest BCUT2D eigenvalue weighted by Gasteiger charge is -2.37. The molecule has 1 atom stereocenters. The molecule has 0 spiro atoms. The van der Waals surface area contributed by atoms with Crippen molar-refractivity contribution in [2.24, 2.45) is 5.41 Å². The van der Waals surface area contributed by atoms with E-state index >= 15 is 0 Å². The molecular formula is C25H27N3O2. The number of fused-ring (bicyclic) bond motifs is 1. The minimum atomic E-state index is -0.503. The van der Waals surface area contributed by atoms with Crippen molar-refractivity contribution in [2.45, 2.75) is 33.4 Å². The molecule has 0 bridgehead atoms. The largest absolute Gasteiger partial charge is 0.348 e. The van der Waals surface area contributed by atoms with Gasteiger partial charge in [0.2, 0.25) is 5.91 Å². The molecule has 0 fully saturated rings. The summed E-state index contributed by atoms with van der Waals surface area (Å²) in [6.45, 7) is 6.98. The molecule has 1 aliphatic rings. The topological polar surface area (TPSA) is 54.3 Å². The summed E-state index contributed by atoms with van der Waals surface area (Å²) in [7, 11) is 0. The highest BCUT2D eigenvalue weighted by Gasteiger charge is 2.32. The first-order valence-electron chi connectivity index (χ1n) is 10.3. The summed E-state index contributed by atoms with van der Waals surface area (Å²) in [5, 5.41) is 2.92. The van der Waals surface area contributed by atoms with E-state index < -0.39 is 5.41 Å². The molecular weight excluding hydrogens is 374 g/mol. The second-order valence-corrected chi connectivity index (χ2v) is 8.72. The molecule has 0 saturated carbocycles. The number of carbonyl (C=O) groups excluding carboxylic acids is 2. The van der Waals surface area contributed by atoms with E-state index in [2.05, 4.69) is 34.3 Å². The number of anilines is 1. The number of carbonyl (C=O) groups is 2. The van der Waals surface area contributed by atoms with Crippen LogP contribution in [0.25, 0.3) is 0 Å². The van der Waals surface area contributed by atoms with Gasteiger partial charge in [-0.2, -0.15) is 0 Å². The molecule has 2 aromatic carbocycles. The summed E-state index contributed by atoms with van der Waals surface area (Å²) in [4.78, 5) is 27.8. The van der Waals surface area contributed by atoms with Gasteiger partial charge in [0, 0.05) is 41.6 Å². The Bertz CT molecular complexity index is 1060. The number of hydrogen-bond donors (Lipinski definition) is 1. The normalized spacial score (nSPS) is 16.1. The Morgan fingerprint density at radius 2 is 1.70 bits per heavy atom. The Balaban J connectivity index is 1.66. The smallest absolute Gasteiger partial charge is 0.254 e. The zero-order valence-corrected chi connectivity index (χ0v) is 17.6. The molecule has 154 valence electrons. The van der Waals surface area contributed by atoms with Gasteiger partial charge in [-0.15, -0.1) is 0 Å². The predicted octanol–water partition coefficient (Wildman–Crippen LogP) is 4.72. The monoisotopic (exact) mass is 401 g/mol. The molecule has 2 amide bonds. The van der Waals surface area contributed by atoms with Crippen LogP contribution in [0.5, 0.6) is 0 Å². The van der Waals surface area contributed by atoms with Gasteiger partial charge >= 0.3 is 0 Å². The Labute approximate surface area is 177 Å². The van der Waals surface area contributed by atoms with Gasteiger partial charge in [0.25, 0.3) is 5.91 Å². The number of aromatic nitrogens is 1. The van der Waals surface area contributed by atoms with Crippen LogP contribution in [0, 0.1) is 5.41 Å². The van der Waals surface area contributed by atoms with Gasteiger partial charge in [-0.1, -0.05) is 57.2 Å². The van der Waals surface area contributed by atoms with Gasteiger partial charge < -0.3 is 14.8 Å². The standard InChI is InChI=1S/C25H27N3O2/c1-25(2,3)24(30)26-20-12-7-11-19(17-20)23(29)28-16-15-27-14-8-13-21(27)22(28)18-9-5-4-6-10-18/h4-14,17,22H,15-16H2,1-3H3,(H,26,30). The molecule has 2 heterocycles. The molecule has 5 heteroatoms.